The monoisotopic (exact) mass is 447 g/mol. The summed E-state index contributed by atoms with van der Waals surface area (Å²) in [5.74, 6) is 6.60. The Balaban J connectivity index is 1.35. The van der Waals surface area contributed by atoms with E-state index in [0.29, 0.717) is 12.0 Å². The van der Waals surface area contributed by atoms with E-state index in [2.05, 4.69) is 46.8 Å². The zero-order chi connectivity index (χ0) is 23.5. The van der Waals surface area contributed by atoms with Gasteiger partial charge in [0.1, 0.15) is 11.3 Å². The maximum absolute atomic E-state index is 13.2. The number of carbonyl (C=O) groups excluding carboxylic acids is 1. The van der Waals surface area contributed by atoms with Crippen molar-refractivity contribution in [2.45, 2.75) is 39.7 Å². The second kappa shape index (κ2) is 9.67. The highest BCUT2D eigenvalue weighted by Gasteiger charge is 2.14. The maximum atomic E-state index is 13.2. The van der Waals surface area contributed by atoms with E-state index in [-0.39, 0.29) is 5.78 Å². The number of aromatic nitrogens is 2. The summed E-state index contributed by atoms with van der Waals surface area (Å²) < 4.78 is 1.97. The van der Waals surface area contributed by atoms with Crippen molar-refractivity contribution in [2.75, 3.05) is 13.1 Å². The van der Waals surface area contributed by atoms with Crippen molar-refractivity contribution in [2.24, 2.45) is 0 Å². The lowest BCUT2D eigenvalue weighted by atomic mass is 9.97. The smallest absolute Gasteiger partial charge is 0.167 e. The van der Waals surface area contributed by atoms with Crippen LogP contribution in [0.4, 0.5) is 0 Å². The third kappa shape index (κ3) is 4.95. The Morgan fingerprint density at radius 2 is 1.79 bits per heavy atom. The summed E-state index contributed by atoms with van der Waals surface area (Å²) in [5, 5.41) is 0. The van der Waals surface area contributed by atoms with Crippen LogP contribution in [0, 0.1) is 25.7 Å². The zero-order valence-electron chi connectivity index (χ0n) is 19.8. The van der Waals surface area contributed by atoms with Gasteiger partial charge < -0.3 is 0 Å². The van der Waals surface area contributed by atoms with E-state index < -0.39 is 0 Å². The van der Waals surface area contributed by atoms with Gasteiger partial charge in [0.2, 0.25) is 0 Å². The summed E-state index contributed by atoms with van der Waals surface area (Å²) in [7, 11) is 0. The third-order valence-electron chi connectivity index (χ3n) is 6.47. The van der Waals surface area contributed by atoms with E-state index in [1.807, 2.05) is 53.9 Å². The van der Waals surface area contributed by atoms with Gasteiger partial charge in [0, 0.05) is 30.3 Å². The maximum Gasteiger partial charge on any atom is 0.167 e. The van der Waals surface area contributed by atoms with Gasteiger partial charge in [0.15, 0.2) is 5.78 Å². The minimum Gasteiger partial charge on any atom is -0.299 e. The number of Topliss-reactive ketones (excluding diaryl/α,β-unsaturated/α-hetero) is 1. The van der Waals surface area contributed by atoms with Crippen LogP contribution in [0.25, 0.3) is 5.65 Å². The van der Waals surface area contributed by atoms with E-state index in [9.17, 15) is 4.79 Å². The first kappa shape index (κ1) is 22.1. The highest BCUT2D eigenvalue weighted by Crippen LogP contribution is 2.18. The molecular weight excluding hydrogens is 418 g/mol. The van der Waals surface area contributed by atoms with Crippen molar-refractivity contribution in [1.82, 2.24) is 14.3 Å². The molecule has 4 heteroatoms. The molecule has 2 aromatic carbocycles. The lowest BCUT2D eigenvalue weighted by molar-refractivity contribution is 0.0993. The molecule has 34 heavy (non-hydrogen) atoms. The number of benzene rings is 2. The Kier molecular flexibility index (Phi) is 6.29. The van der Waals surface area contributed by atoms with Crippen molar-refractivity contribution in [3.05, 3.63) is 106 Å². The van der Waals surface area contributed by atoms with Gasteiger partial charge in [0.05, 0.1) is 6.20 Å². The number of pyridine rings is 1. The first-order valence-electron chi connectivity index (χ1n) is 11.9. The number of rotatable bonds is 5. The number of hydrogen-bond acceptors (Lipinski definition) is 3. The lowest BCUT2D eigenvalue weighted by Gasteiger charge is -2.16. The molecule has 1 aliphatic rings. The molecule has 4 nitrogen and oxygen atoms in total. The van der Waals surface area contributed by atoms with Crippen LogP contribution >= 0.6 is 0 Å². The summed E-state index contributed by atoms with van der Waals surface area (Å²) in [4.78, 5) is 20.1. The van der Waals surface area contributed by atoms with Gasteiger partial charge in [-0.2, -0.15) is 0 Å². The lowest BCUT2D eigenvalue weighted by Crippen LogP contribution is -2.18. The van der Waals surface area contributed by atoms with Crippen LogP contribution in [-0.4, -0.2) is 33.2 Å². The minimum absolute atomic E-state index is 0.121. The fraction of sp³-hybridized carbons (Fsp3) is 0.267. The molecular formula is C30H29N3O. The topological polar surface area (TPSA) is 37.6 Å². The van der Waals surface area contributed by atoms with Gasteiger partial charge in [-0.05, 0) is 80.6 Å². The van der Waals surface area contributed by atoms with Crippen LogP contribution < -0.4 is 0 Å². The fourth-order valence-electron chi connectivity index (χ4n) is 4.71. The molecule has 0 amide bonds. The van der Waals surface area contributed by atoms with E-state index in [0.717, 1.165) is 34.6 Å². The summed E-state index contributed by atoms with van der Waals surface area (Å²) in [6, 6.07) is 18.3. The zero-order valence-corrected chi connectivity index (χ0v) is 19.8. The predicted octanol–water partition coefficient (Wildman–Crippen LogP) is 5.37. The first-order valence-corrected chi connectivity index (χ1v) is 11.9. The molecule has 0 spiro atoms. The number of imidazole rings is 1. The number of carbonyl (C=O) groups is 1. The van der Waals surface area contributed by atoms with Crippen LogP contribution in [0.5, 0.6) is 0 Å². The van der Waals surface area contributed by atoms with Crippen molar-refractivity contribution in [3.63, 3.8) is 0 Å². The summed E-state index contributed by atoms with van der Waals surface area (Å²) in [5.41, 5.74) is 7.92. The molecule has 170 valence electrons. The number of ketones is 1. The molecule has 0 radical (unpaired) electrons. The Morgan fingerprint density at radius 1 is 0.971 bits per heavy atom. The minimum atomic E-state index is 0.121. The SMILES string of the molecule is Cc1cc(CC(=O)c2ccc(C)c(C#Cc3cnc4ccccn34)c2)cc(CN2CCCC2)c1. The Morgan fingerprint density at radius 3 is 2.65 bits per heavy atom. The van der Waals surface area contributed by atoms with Gasteiger partial charge in [-0.25, -0.2) is 4.98 Å². The van der Waals surface area contributed by atoms with Crippen LogP contribution in [0.3, 0.4) is 0 Å². The molecule has 1 aliphatic heterocycles. The molecule has 2 aromatic heterocycles. The molecule has 0 N–H and O–H groups in total. The number of hydrogen-bond donors (Lipinski definition) is 0. The van der Waals surface area contributed by atoms with Crippen molar-refractivity contribution in [3.8, 4) is 11.8 Å². The highest BCUT2D eigenvalue weighted by atomic mass is 16.1. The Labute approximate surface area is 201 Å². The molecule has 1 saturated heterocycles. The summed E-state index contributed by atoms with van der Waals surface area (Å²) in [6.45, 7) is 7.45. The number of fused-ring (bicyclic) bond motifs is 1. The summed E-state index contributed by atoms with van der Waals surface area (Å²) >= 11 is 0. The van der Waals surface area contributed by atoms with Gasteiger partial charge in [-0.15, -0.1) is 0 Å². The normalized spacial score (nSPS) is 13.7. The van der Waals surface area contributed by atoms with E-state index in [1.54, 1.807) is 6.20 Å². The third-order valence-corrected chi connectivity index (χ3v) is 6.47. The molecule has 3 heterocycles. The van der Waals surface area contributed by atoms with Crippen LogP contribution in [0.15, 0.2) is 67.0 Å². The van der Waals surface area contributed by atoms with Crippen LogP contribution in [-0.2, 0) is 13.0 Å². The molecule has 0 saturated carbocycles. The molecule has 4 aromatic rings. The average Bonchev–Trinajstić information content (AvgIpc) is 3.48. The van der Waals surface area contributed by atoms with Gasteiger partial charge in [-0.3, -0.25) is 14.1 Å². The van der Waals surface area contributed by atoms with Gasteiger partial charge in [-0.1, -0.05) is 47.9 Å². The molecule has 0 aliphatic carbocycles. The number of nitrogens with zero attached hydrogens (tertiary/aromatic N) is 3. The van der Waals surface area contributed by atoms with Crippen LogP contribution in [0.1, 0.15) is 56.7 Å². The second-order valence-electron chi connectivity index (χ2n) is 9.26. The Hall–Kier alpha value is -3.68. The van der Waals surface area contributed by atoms with Crippen molar-refractivity contribution in [1.29, 1.82) is 0 Å². The molecule has 1 fully saturated rings. The number of aryl methyl sites for hydroxylation is 2. The Bertz CT molecular complexity index is 1410. The predicted molar refractivity (Wildman–Crippen MR) is 136 cm³/mol. The van der Waals surface area contributed by atoms with Crippen molar-refractivity contribution >= 4 is 11.4 Å². The molecule has 0 bridgehead atoms. The highest BCUT2D eigenvalue weighted by molar-refractivity contribution is 5.98. The van der Waals surface area contributed by atoms with Crippen molar-refractivity contribution < 1.29 is 4.79 Å². The average molecular weight is 448 g/mol. The van der Waals surface area contributed by atoms with Gasteiger partial charge >= 0.3 is 0 Å². The fourth-order valence-corrected chi connectivity index (χ4v) is 4.71. The standard InChI is InChI=1S/C30H29N3O/c1-22-15-24(17-25(16-22)21-32-12-5-6-13-32)18-29(34)27-9-8-23(2)26(19-27)10-11-28-20-31-30-7-3-4-14-33(28)30/h3-4,7-9,14-17,19-20H,5-6,12-13,18,21H2,1-2H3. The quantitative estimate of drug-likeness (QED) is 0.305. The largest absolute Gasteiger partial charge is 0.299 e. The first-order chi connectivity index (χ1) is 16.5. The number of likely N-dealkylation sites (tertiary alicyclic amines) is 1. The van der Waals surface area contributed by atoms with E-state index >= 15 is 0 Å². The van der Waals surface area contributed by atoms with E-state index in [1.165, 1.54) is 37.1 Å². The molecule has 0 unspecified atom stereocenters. The summed E-state index contributed by atoms with van der Waals surface area (Å²) in [6.07, 6.45) is 6.71. The second-order valence-corrected chi connectivity index (χ2v) is 9.26. The van der Waals surface area contributed by atoms with Crippen LogP contribution in [0.2, 0.25) is 0 Å². The molecule has 0 atom stereocenters. The van der Waals surface area contributed by atoms with Gasteiger partial charge in [0.25, 0.3) is 0 Å². The molecule has 5 rings (SSSR count). The van der Waals surface area contributed by atoms with E-state index in [4.69, 9.17) is 0 Å².